The number of Topliss-reactive ketones (excluding diaryl/α,β-unsaturated/α-hetero) is 1. The molecule has 0 unspecified atom stereocenters. The first-order chi connectivity index (χ1) is 9.82. The molecule has 0 aliphatic carbocycles. The molecule has 0 atom stereocenters. The molecular formula is C15H15F3N2O. The van der Waals surface area contributed by atoms with Crippen LogP contribution < -0.4 is 4.90 Å². The zero-order valence-electron chi connectivity index (χ0n) is 11.6. The van der Waals surface area contributed by atoms with E-state index in [1.807, 2.05) is 11.0 Å². The minimum Gasteiger partial charge on any atom is -0.370 e. The molecule has 0 amide bonds. The molecule has 0 bridgehead atoms. The van der Waals surface area contributed by atoms with E-state index >= 15 is 0 Å². The van der Waals surface area contributed by atoms with Crippen molar-refractivity contribution in [3.8, 4) is 6.07 Å². The van der Waals surface area contributed by atoms with Crippen molar-refractivity contribution < 1.29 is 18.0 Å². The van der Waals surface area contributed by atoms with Crippen LogP contribution in [0.3, 0.4) is 0 Å². The second kappa shape index (κ2) is 5.76. The summed E-state index contributed by atoms with van der Waals surface area (Å²) in [6.07, 6.45) is -3.12. The van der Waals surface area contributed by atoms with Crippen LogP contribution in [0.5, 0.6) is 0 Å². The van der Waals surface area contributed by atoms with Crippen LogP contribution in [0.25, 0.3) is 0 Å². The normalized spacial score (nSPS) is 16.6. The molecule has 3 nitrogen and oxygen atoms in total. The fourth-order valence-electron chi connectivity index (χ4n) is 2.60. The van der Waals surface area contributed by atoms with E-state index in [1.165, 1.54) is 6.07 Å². The fourth-order valence-corrected chi connectivity index (χ4v) is 2.60. The molecule has 21 heavy (non-hydrogen) atoms. The number of hydrogen-bond acceptors (Lipinski definition) is 3. The van der Waals surface area contributed by atoms with Gasteiger partial charge in [0, 0.05) is 19.0 Å². The second-order valence-electron chi connectivity index (χ2n) is 5.21. The molecule has 0 saturated carbocycles. The van der Waals surface area contributed by atoms with Gasteiger partial charge < -0.3 is 4.90 Å². The predicted octanol–water partition coefficient (Wildman–Crippen LogP) is 3.38. The van der Waals surface area contributed by atoms with Crippen LogP contribution in [0.1, 0.15) is 30.9 Å². The zero-order chi connectivity index (χ0) is 15.6. The van der Waals surface area contributed by atoms with E-state index in [0.717, 1.165) is 12.1 Å². The Morgan fingerprint density at radius 2 is 1.95 bits per heavy atom. The molecule has 0 spiro atoms. The summed E-state index contributed by atoms with van der Waals surface area (Å²) in [7, 11) is 0. The predicted molar refractivity (Wildman–Crippen MR) is 71.8 cm³/mol. The van der Waals surface area contributed by atoms with Gasteiger partial charge in [-0.25, -0.2) is 0 Å². The first kappa shape index (κ1) is 15.4. The summed E-state index contributed by atoms with van der Waals surface area (Å²) in [6, 6.07) is 5.05. The van der Waals surface area contributed by atoms with Crippen LogP contribution >= 0.6 is 0 Å². The van der Waals surface area contributed by atoms with E-state index in [-0.39, 0.29) is 17.3 Å². The van der Waals surface area contributed by atoms with E-state index in [4.69, 9.17) is 5.26 Å². The average Bonchev–Trinajstić information content (AvgIpc) is 2.45. The fraction of sp³-hybridized carbons (Fsp3) is 0.467. The third kappa shape index (κ3) is 3.35. The number of piperidine rings is 1. The number of rotatable bonds is 2. The van der Waals surface area contributed by atoms with Crippen molar-refractivity contribution in [3.05, 3.63) is 29.3 Å². The summed E-state index contributed by atoms with van der Waals surface area (Å²) in [5.41, 5.74) is -0.292. The van der Waals surface area contributed by atoms with Gasteiger partial charge in [-0.1, -0.05) is 0 Å². The Bertz CT molecular complexity index is 582. The highest BCUT2D eigenvalue weighted by Crippen LogP contribution is 2.33. The van der Waals surface area contributed by atoms with Crippen molar-refractivity contribution in [1.82, 2.24) is 0 Å². The van der Waals surface area contributed by atoms with Crippen molar-refractivity contribution in [2.75, 3.05) is 18.0 Å². The van der Waals surface area contributed by atoms with Gasteiger partial charge in [0.2, 0.25) is 0 Å². The molecule has 1 fully saturated rings. The quantitative estimate of drug-likeness (QED) is 0.840. The lowest BCUT2D eigenvalue weighted by Gasteiger charge is -2.33. The Hall–Kier alpha value is -2.03. The van der Waals surface area contributed by atoms with Gasteiger partial charge in [-0.2, -0.15) is 18.4 Å². The van der Waals surface area contributed by atoms with Gasteiger partial charge in [-0.3, -0.25) is 4.79 Å². The molecule has 1 aromatic rings. The first-order valence-corrected chi connectivity index (χ1v) is 6.69. The average molecular weight is 296 g/mol. The smallest absolute Gasteiger partial charge is 0.370 e. The number of nitriles is 1. The number of benzene rings is 1. The molecule has 0 aromatic heterocycles. The van der Waals surface area contributed by atoms with Gasteiger partial charge >= 0.3 is 6.18 Å². The summed E-state index contributed by atoms with van der Waals surface area (Å²) in [4.78, 5) is 13.2. The molecule has 0 radical (unpaired) electrons. The molecule has 6 heteroatoms. The number of anilines is 1. The number of nitrogens with zero attached hydrogens (tertiary/aromatic N) is 2. The van der Waals surface area contributed by atoms with Crippen molar-refractivity contribution in [1.29, 1.82) is 5.26 Å². The molecule has 1 aromatic carbocycles. The molecular weight excluding hydrogens is 281 g/mol. The maximum atomic E-state index is 12.7. The van der Waals surface area contributed by atoms with Gasteiger partial charge in [0.05, 0.1) is 16.8 Å². The highest BCUT2D eigenvalue weighted by Gasteiger charge is 2.32. The molecule has 1 aliphatic rings. The third-order valence-corrected chi connectivity index (χ3v) is 3.85. The van der Waals surface area contributed by atoms with Gasteiger partial charge in [-0.05, 0) is 38.0 Å². The summed E-state index contributed by atoms with van der Waals surface area (Å²) in [5, 5.41) is 9.08. The van der Waals surface area contributed by atoms with Crippen molar-refractivity contribution in [2.45, 2.75) is 25.9 Å². The molecule has 2 rings (SSSR count). The monoisotopic (exact) mass is 296 g/mol. The molecule has 1 saturated heterocycles. The van der Waals surface area contributed by atoms with Crippen molar-refractivity contribution in [3.63, 3.8) is 0 Å². The lowest BCUT2D eigenvalue weighted by molar-refractivity contribution is -0.137. The Balaban J connectivity index is 2.22. The van der Waals surface area contributed by atoms with E-state index in [2.05, 4.69) is 0 Å². The first-order valence-electron chi connectivity index (χ1n) is 6.69. The van der Waals surface area contributed by atoms with Gasteiger partial charge in [-0.15, -0.1) is 0 Å². The van der Waals surface area contributed by atoms with E-state index in [0.29, 0.717) is 31.6 Å². The standard InChI is InChI=1S/C15H15F3N2O/c1-10(21)11-4-6-20(7-5-11)14-3-2-13(15(16,17)18)8-12(14)9-19/h2-3,8,11H,4-7H2,1H3. The molecule has 112 valence electrons. The van der Waals surface area contributed by atoms with Gasteiger partial charge in [0.1, 0.15) is 11.9 Å². The van der Waals surface area contributed by atoms with Crippen LogP contribution in [-0.4, -0.2) is 18.9 Å². The number of halogens is 3. The summed E-state index contributed by atoms with van der Waals surface area (Å²) in [5.74, 6) is 0.156. The van der Waals surface area contributed by atoms with Crippen LogP contribution in [0.15, 0.2) is 18.2 Å². The Labute approximate surface area is 121 Å². The minimum atomic E-state index is -4.45. The molecule has 1 heterocycles. The second-order valence-corrected chi connectivity index (χ2v) is 5.21. The number of hydrogen-bond donors (Lipinski definition) is 0. The van der Waals surface area contributed by atoms with Gasteiger partial charge in [0.15, 0.2) is 0 Å². The number of carbonyl (C=O) groups is 1. The number of alkyl halides is 3. The Morgan fingerprint density at radius 1 is 1.33 bits per heavy atom. The van der Waals surface area contributed by atoms with Crippen LogP contribution in [0.4, 0.5) is 18.9 Å². The Morgan fingerprint density at radius 3 is 2.43 bits per heavy atom. The van der Waals surface area contributed by atoms with Crippen LogP contribution in [-0.2, 0) is 11.0 Å². The third-order valence-electron chi connectivity index (χ3n) is 3.85. The SMILES string of the molecule is CC(=O)C1CCN(c2ccc(C(F)(F)F)cc2C#N)CC1. The van der Waals surface area contributed by atoms with Crippen LogP contribution in [0.2, 0.25) is 0 Å². The topological polar surface area (TPSA) is 44.1 Å². The van der Waals surface area contributed by atoms with E-state index in [1.54, 1.807) is 6.92 Å². The molecule has 0 N–H and O–H groups in total. The van der Waals surface area contributed by atoms with Crippen LogP contribution in [0, 0.1) is 17.2 Å². The summed E-state index contributed by atoms with van der Waals surface area (Å²) >= 11 is 0. The summed E-state index contributed by atoms with van der Waals surface area (Å²) < 4.78 is 38.0. The maximum Gasteiger partial charge on any atom is 0.416 e. The maximum absolute atomic E-state index is 12.7. The van der Waals surface area contributed by atoms with Gasteiger partial charge in [0.25, 0.3) is 0 Å². The summed E-state index contributed by atoms with van der Waals surface area (Å²) in [6.45, 7) is 2.70. The minimum absolute atomic E-state index is 0.0150. The van der Waals surface area contributed by atoms with Crippen molar-refractivity contribution in [2.24, 2.45) is 5.92 Å². The lowest BCUT2D eigenvalue weighted by atomic mass is 9.92. The highest BCUT2D eigenvalue weighted by molar-refractivity contribution is 5.78. The Kier molecular flexibility index (Phi) is 4.21. The zero-order valence-corrected chi connectivity index (χ0v) is 11.6. The number of carbonyl (C=O) groups excluding carboxylic acids is 1. The van der Waals surface area contributed by atoms with E-state index < -0.39 is 11.7 Å². The highest BCUT2D eigenvalue weighted by atomic mass is 19.4. The molecule has 1 aliphatic heterocycles. The largest absolute Gasteiger partial charge is 0.416 e. The number of ketones is 1. The lowest BCUT2D eigenvalue weighted by Crippen LogP contribution is -2.36. The van der Waals surface area contributed by atoms with Crippen molar-refractivity contribution >= 4 is 11.5 Å². The van der Waals surface area contributed by atoms with E-state index in [9.17, 15) is 18.0 Å².